The highest BCUT2D eigenvalue weighted by Gasteiger charge is 2.27. The molecule has 232 valence electrons. The van der Waals surface area contributed by atoms with Gasteiger partial charge in [-0.1, -0.05) is 62.2 Å². The maximum absolute atomic E-state index is 13.0. The standard InChI is InChI=1S/C28H29Cl2N3O6.C3H9N/c1-4-28(2,3)32-18-10-13-25(33(37)38)20(15-18)26(34)31-24(27(35)36)14-17-8-11-19(12-9-17)39-16-21-22(29)6-5-7-23(21)30;1-3(2)4/h5-13,15,24,32H,4,14,16H2,1-3H3,(H,31,34)(H,35,36);3H,4H2,1-2H3. The highest BCUT2D eigenvalue weighted by Crippen LogP contribution is 2.27. The summed E-state index contributed by atoms with van der Waals surface area (Å²) in [5, 5.41) is 27.9. The van der Waals surface area contributed by atoms with Crippen molar-refractivity contribution in [3.63, 3.8) is 0 Å². The Kier molecular flexibility index (Phi) is 13.2. The first-order valence-corrected chi connectivity index (χ1v) is 14.4. The molecule has 1 atom stereocenters. The number of carboxylic acids is 1. The van der Waals surface area contributed by atoms with E-state index in [2.05, 4.69) is 10.6 Å². The van der Waals surface area contributed by atoms with Gasteiger partial charge in [-0.15, -0.1) is 0 Å². The van der Waals surface area contributed by atoms with Crippen molar-refractivity contribution in [1.82, 2.24) is 5.32 Å². The van der Waals surface area contributed by atoms with E-state index in [0.717, 1.165) is 6.42 Å². The van der Waals surface area contributed by atoms with Crippen molar-refractivity contribution in [3.05, 3.63) is 97.5 Å². The van der Waals surface area contributed by atoms with Gasteiger partial charge in [0.25, 0.3) is 11.6 Å². The number of ether oxygens (including phenoxy) is 1. The van der Waals surface area contributed by atoms with Crippen LogP contribution in [0.4, 0.5) is 11.4 Å². The normalized spacial score (nSPS) is 11.7. The Hall–Kier alpha value is -3.86. The van der Waals surface area contributed by atoms with Crippen LogP contribution in [0.3, 0.4) is 0 Å². The summed E-state index contributed by atoms with van der Waals surface area (Å²) < 4.78 is 5.75. The molecule has 0 saturated carbocycles. The molecule has 3 aromatic rings. The molecule has 0 radical (unpaired) electrons. The highest BCUT2D eigenvalue weighted by molar-refractivity contribution is 6.35. The Morgan fingerprint density at radius 3 is 2.16 bits per heavy atom. The van der Waals surface area contributed by atoms with Crippen molar-refractivity contribution in [2.24, 2.45) is 5.73 Å². The van der Waals surface area contributed by atoms with Crippen LogP contribution in [0.2, 0.25) is 10.0 Å². The lowest BCUT2D eigenvalue weighted by Gasteiger charge is -2.26. The molecule has 1 amide bonds. The zero-order chi connectivity index (χ0) is 32.3. The van der Waals surface area contributed by atoms with Crippen molar-refractivity contribution in [2.75, 3.05) is 5.32 Å². The fourth-order valence-corrected chi connectivity index (χ4v) is 4.16. The minimum atomic E-state index is -1.32. The van der Waals surface area contributed by atoms with E-state index < -0.39 is 28.5 Å². The van der Waals surface area contributed by atoms with Gasteiger partial charge in [-0.05, 0) is 68.3 Å². The van der Waals surface area contributed by atoms with Crippen LogP contribution < -0.4 is 21.1 Å². The molecule has 0 heterocycles. The van der Waals surface area contributed by atoms with Gasteiger partial charge in [-0.25, -0.2) is 4.79 Å². The Labute approximate surface area is 261 Å². The smallest absolute Gasteiger partial charge is 0.326 e. The number of benzene rings is 3. The second-order valence-electron chi connectivity index (χ2n) is 10.8. The largest absolute Gasteiger partial charge is 0.489 e. The van der Waals surface area contributed by atoms with Gasteiger partial charge in [-0.2, -0.15) is 0 Å². The van der Waals surface area contributed by atoms with Gasteiger partial charge in [0.1, 0.15) is 24.0 Å². The zero-order valence-corrected chi connectivity index (χ0v) is 26.3. The number of nitrogens with two attached hydrogens (primary N) is 1. The molecular weight excluding hydrogens is 595 g/mol. The number of aliphatic carboxylic acids is 1. The lowest BCUT2D eigenvalue weighted by molar-refractivity contribution is -0.385. The molecule has 0 aliphatic heterocycles. The van der Waals surface area contributed by atoms with Crippen LogP contribution in [0, 0.1) is 10.1 Å². The summed E-state index contributed by atoms with van der Waals surface area (Å²) in [4.78, 5) is 35.9. The van der Waals surface area contributed by atoms with Gasteiger partial charge >= 0.3 is 5.97 Å². The van der Waals surface area contributed by atoms with Crippen LogP contribution >= 0.6 is 23.2 Å². The van der Waals surface area contributed by atoms with E-state index in [4.69, 9.17) is 33.7 Å². The summed E-state index contributed by atoms with van der Waals surface area (Å²) in [5.41, 5.74) is 5.91. The van der Waals surface area contributed by atoms with E-state index >= 15 is 0 Å². The van der Waals surface area contributed by atoms with Gasteiger partial charge in [0.05, 0.1) is 4.92 Å². The number of halogens is 2. The molecule has 10 nitrogen and oxygen atoms in total. The molecule has 12 heteroatoms. The fraction of sp³-hybridized carbons (Fsp3) is 0.355. The Bertz CT molecular complexity index is 1390. The Morgan fingerprint density at radius 1 is 1.07 bits per heavy atom. The van der Waals surface area contributed by atoms with Crippen molar-refractivity contribution >= 4 is 46.5 Å². The van der Waals surface area contributed by atoms with E-state index in [0.29, 0.717) is 38.7 Å². The number of carbonyl (C=O) groups excluding carboxylic acids is 1. The first-order chi connectivity index (χ1) is 20.1. The number of nitrogens with zero attached hydrogens (tertiary/aromatic N) is 1. The second-order valence-corrected chi connectivity index (χ2v) is 11.6. The summed E-state index contributed by atoms with van der Waals surface area (Å²) in [6, 6.07) is 14.9. The average molecular weight is 634 g/mol. The number of hydrogen-bond acceptors (Lipinski definition) is 7. The number of rotatable bonds is 12. The minimum absolute atomic E-state index is 0.0493. The van der Waals surface area contributed by atoms with Crippen LogP contribution in [-0.4, -0.2) is 39.5 Å². The van der Waals surface area contributed by atoms with E-state index in [1.54, 1.807) is 42.5 Å². The maximum atomic E-state index is 13.0. The Balaban J connectivity index is 0.00000151. The summed E-state index contributed by atoms with van der Waals surface area (Å²) in [6.45, 7) is 9.93. The number of nitro groups is 1. The molecule has 0 spiro atoms. The first kappa shape index (κ1) is 35.3. The number of hydrogen-bond donors (Lipinski definition) is 4. The molecular formula is C31H38Cl2N4O6. The molecule has 3 aromatic carbocycles. The van der Waals surface area contributed by atoms with Crippen LogP contribution in [-0.2, 0) is 17.8 Å². The maximum Gasteiger partial charge on any atom is 0.326 e. The molecule has 0 fully saturated rings. The molecule has 5 N–H and O–H groups in total. The van der Waals surface area contributed by atoms with E-state index in [1.165, 1.54) is 18.2 Å². The van der Waals surface area contributed by atoms with Crippen LogP contribution in [0.25, 0.3) is 0 Å². The topological polar surface area (TPSA) is 157 Å². The fourth-order valence-electron chi connectivity index (χ4n) is 3.65. The zero-order valence-electron chi connectivity index (χ0n) is 24.8. The second kappa shape index (κ2) is 16.1. The van der Waals surface area contributed by atoms with Gasteiger partial charge in [0.2, 0.25) is 0 Å². The van der Waals surface area contributed by atoms with Crippen LogP contribution in [0.5, 0.6) is 5.75 Å². The first-order valence-electron chi connectivity index (χ1n) is 13.6. The lowest BCUT2D eigenvalue weighted by atomic mass is 10.0. The number of carboxylic acid groups (broad SMARTS) is 1. The molecule has 0 saturated heterocycles. The van der Waals surface area contributed by atoms with Crippen molar-refractivity contribution in [3.8, 4) is 5.75 Å². The van der Waals surface area contributed by atoms with Gasteiger partial charge < -0.3 is 26.2 Å². The molecule has 43 heavy (non-hydrogen) atoms. The third-order valence-corrected chi connectivity index (χ3v) is 6.92. The van der Waals surface area contributed by atoms with Crippen LogP contribution in [0.1, 0.15) is 62.5 Å². The van der Waals surface area contributed by atoms with Crippen molar-refractivity contribution in [2.45, 2.75) is 71.7 Å². The number of carbonyl (C=O) groups is 2. The number of nitrogens with one attached hydrogen (secondary N) is 2. The number of nitro benzene ring substituents is 1. The van der Waals surface area contributed by atoms with Crippen LogP contribution in [0.15, 0.2) is 60.7 Å². The molecule has 0 aliphatic carbocycles. The van der Waals surface area contributed by atoms with Crippen molar-refractivity contribution in [1.29, 1.82) is 0 Å². The predicted octanol–water partition coefficient (Wildman–Crippen LogP) is 6.86. The quantitative estimate of drug-likeness (QED) is 0.124. The highest BCUT2D eigenvalue weighted by atomic mass is 35.5. The minimum Gasteiger partial charge on any atom is -0.489 e. The molecule has 0 aromatic heterocycles. The van der Waals surface area contributed by atoms with E-state index in [1.807, 2.05) is 34.6 Å². The van der Waals surface area contributed by atoms with Gasteiger partial charge in [0.15, 0.2) is 0 Å². The average Bonchev–Trinajstić information content (AvgIpc) is 2.92. The molecule has 1 unspecified atom stereocenters. The third kappa shape index (κ3) is 11.4. The molecule has 0 bridgehead atoms. The number of amides is 1. The number of anilines is 1. The summed E-state index contributed by atoms with van der Waals surface area (Å²) in [7, 11) is 0. The van der Waals surface area contributed by atoms with E-state index in [9.17, 15) is 24.8 Å². The van der Waals surface area contributed by atoms with E-state index in [-0.39, 0.29) is 24.1 Å². The predicted molar refractivity (Wildman–Crippen MR) is 170 cm³/mol. The summed E-state index contributed by atoms with van der Waals surface area (Å²) >= 11 is 12.3. The monoisotopic (exact) mass is 632 g/mol. The third-order valence-electron chi connectivity index (χ3n) is 6.22. The lowest BCUT2D eigenvalue weighted by Crippen LogP contribution is -2.42. The SMILES string of the molecule is CC(C)N.CCC(C)(C)Nc1ccc([N+](=O)[O-])c(C(=O)NC(Cc2ccc(OCc3c(Cl)cccc3Cl)cc2)C(=O)O)c1. The van der Waals surface area contributed by atoms with Gasteiger partial charge in [-0.3, -0.25) is 14.9 Å². The summed E-state index contributed by atoms with van der Waals surface area (Å²) in [5.74, 6) is -1.62. The van der Waals surface area contributed by atoms with Crippen molar-refractivity contribution < 1.29 is 24.4 Å². The molecule has 0 aliphatic rings. The van der Waals surface area contributed by atoms with Gasteiger partial charge in [0, 0.05) is 39.3 Å². The Morgan fingerprint density at radius 2 is 1.65 bits per heavy atom. The molecule has 3 rings (SSSR count). The summed E-state index contributed by atoms with van der Waals surface area (Å²) in [6.07, 6.45) is 0.719.